The minimum Gasteiger partial charge on any atom is -0.339 e. The van der Waals surface area contributed by atoms with Crippen molar-refractivity contribution < 1.29 is 23.5 Å². The summed E-state index contributed by atoms with van der Waals surface area (Å²) in [5.74, 6) is 0.677. The van der Waals surface area contributed by atoms with E-state index in [1.807, 2.05) is 6.07 Å². The lowest BCUT2D eigenvalue weighted by atomic mass is 10.00. The summed E-state index contributed by atoms with van der Waals surface area (Å²) in [4.78, 5) is 54.0. The zero-order valence-corrected chi connectivity index (χ0v) is 16.9. The van der Waals surface area contributed by atoms with Crippen LogP contribution in [0.5, 0.6) is 0 Å². The second-order valence-electron chi connectivity index (χ2n) is 7.61. The summed E-state index contributed by atoms with van der Waals surface area (Å²) in [5, 5.41) is 3.98. The maximum Gasteiger partial charge on any atom is 0.333 e. The monoisotopic (exact) mass is 423 g/mol. The summed E-state index contributed by atoms with van der Waals surface area (Å²) in [7, 11) is 2.97. The van der Waals surface area contributed by atoms with Gasteiger partial charge in [0.05, 0.1) is 5.92 Å². The van der Waals surface area contributed by atoms with E-state index in [0.717, 1.165) is 10.5 Å². The molecule has 0 aliphatic carbocycles. The first-order valence-corrected chi connectivity index (χ1v) is 9.68. The topological polar surface area (TPSA) is 128 Å². The lowest BCUT2D eigenvalue weighted by Gasteiger charge is -2.37. The van der Waals surface area contributed by atoms with Crippen molar-refractivity contribution in [3.05, 3.63) is 30.4 Å². The fraction of sp³-hybridized carbons (Fsp3) is 0.368. The van der Waals surface area contributed by atoms with Gasteiger partial charge in [-0.25, -0.2) is 9.37 Å². The van der Waals surface area contributed by atoms with Crippen molar-refractivity contribution >= 4 is 30.0 Å². The van der Waals surface area contributed by atoms with Gasteiger partial charge in [0.15, 0.2) is 6.54 Å². The highest BCUT2D eigenvalue weighted by atomic mass is 16.5. The number of pyridine rings is 1. The van der Waals surface area contributed by atoms with Gasteiger partial charge < -0.3 is 9.42 Å². The Kier molecular flexibility index (Phi) is 4.34. The number of urea groups is 1. The molecule has 12 heteroatoms. The third-order valence-electron chi connectivity index (χ3n) is 5.66. The Hall–Kier alpha value is -3.96. The number of amidine groups is 1. The highest BCUT2D eigenvalue weighted by molar-refractivity contribution is 6.21. The van der Waals surface area contributed by atoms with E-state index in [0.29, 0.717) is 30.6 Å². The van der Waals surface area contributed by atoms with Gasteiger partial charge in [-0.1, -0.05) is 5.16 Å². The predicted octanol–water partition coefficient (Wildman–Crippen LogP) is -0.597. The molecule has 158 valence electrons. The highest BCUT2D eigenvalue weighted by Crippen LogP contribution is 2.28. The molecule has 2 saturated heterocycles. The SMILES string of the molecule is CN1C(=O)C2C(=NC=[N+]2CC(=O)N2CC(c3nc(-c4cccnc4)no3)C2)N(C)C1=O. The molecule has 0 radical (unpaired) electrons. The highest BCUT2D eigenvalue weighted by Gasteiger charge is 2.51. The minimum atomic E-state index is -0.772. The number of amides is 4. The van der Waals surface area contributed by atoms with Crippen molar-refractivity contribution in [3.8, 4) is 11.4 Å². The van der Waals surface area contributed by atoms with Gasteiger partial charge in [0.2, 0.25) is 11.7 Å². The van der Waals surface area contributed by atoms with Gasteiger partial charge in [0.25, 0.3) is 30.0 Å². The van der Waals surface area contributed by atoms with Crippen LogP contribution in [0, 0.1) is 0 Å². The van der Waals surface area contributed by atoms with Crippen molar-refractivity contribution in [1.82, 2.24) is 29.8 Å². The Morgan fingerprint density at radius 1 is 1.26 bits per heavy atom. The number of carbonyl (C=O) groups excluding carboxylic acids is 3. The number of imide groups is 1. The zero-order chi connectivity index (χ0) is 21.7. The molecule has 0 aromatic carbocycles. The predicted molar refractivity (Wildman–Crippen MR) is 105 cm³/mol. The summed E-state index contributed by atoms with van der Waals surface area (Å²) in [6, 6.07) is 2.42. The quantitative estimate of drug-likeness (QED) is 0.601. The number of hydrogen-bond donors (Lipinski definition) is 0. The number of likely N-dealkylation sites (N-methyl/N-ethyl adjacent to an activating group) is 2. The summed E-state index contributed by atoms with van der Waals surface area (Å²) in [5.41, 5.74) is 0.760. The smallest absolute Gasteiger partial charge is 0.333 e. The maximum atomic E-state index is 12.7. The average Bonchev–Trinajstić information content (AvgIpc) is 3.38. The van der Waals surface area contributed by atoms with E-state index < -0.39 is 18.0 Å². The van der Waals surface area contributed by atoms with Crippen molar-refractivity contribution in [1.29, 1.82) is 0 Å². The van der Waals surface area contributed by atoms with Crippen molar-refractivity contribution in [2.24, 2.45) is 4.99 Å². The minimum absolute atomic E-state index is 0.0171. The number of aliphatic imine (C=N–C) groups is 1. The van der Waals surface area contributed by atoms with E-state index in [9.17, 15) is 14.4 Å². The molecule has 0 spiro atoms. The summed E-state index contributed by atoms with van der Waals surface area (Å²) < 4.78 is 6.91. The molecule has 5 rings (SSSR count). The molecule has 4 amide bonds. The van der Waals surface area contributed by atoms with Gasteiger partial charge in [-0.05, 0) is 17.1 Å². The van der Waals surface area contributed by atoms with Crippen LogP contribution in [0.25, 0.3) is 11.4 Å². The van der Waals surface area contributed by atoms with Gasteiger partial charge in [0, 0.05) is 45.1 Å². The number of likely N-dealkylation sites (tertiary alicyclic amines) is 1. The van der Waals surface area contributed by atoms with Crippen LogP contribution >= 0.6 is 0 Å². The molecule has 1 unspecified atom stereocenters. The average molecular weight is 423 g/mol. The number of carbonyl (C=O) groups is 3. The molecule has 0 saturated carbocycles. The van der Waals surface area contributed by atoms with Crippen LogP contribution in [0.3, 0.4) is 0 Å². The summed E-state index contributed by atoms with van der Waals surface area (Å²) >= 11 is 0. The fourth-order valence-corrected chi connectivity index (χ4v) is 3.78. The molecule has 0 bridgehead atoms. The van der Waals surface area contributed by atoms with Gasteiger partial charge >= 0.3 is 6.03 Å². The zero-order valence-electron chi connectivity index (χ0n) is 16.9. The third-order valence-corrected chi connectivity index (χ3v) is 5.66. The second-order valence-corrected chi connectivity index (χ2v) is 7.61. The fourth-order valence-electron chi connectivity index (χ4n) is 3.78. The Bertz CT molecular complexity index is 1130. The molecule has 12 nitrogen and oxygen atoms in total. The van der Waals surface area contributed by atoms with E-state index in [1.54, 1.807) is 35.0 Å². The first-order valence-electron chi connectivity index (χ1n) is 9.68. The van der Waals surface area contributed by atoms with Crippen molar-refractivity contribution in [2.45, 2.75) is 12.0 Å². The van der Waals surface area contributed by atoms with E-state index in [1.165, 1.54) is 18.3 Å². The van der Waals surface area contributed by atoms with E-state index in [4.69, 9.17) is 4.52 Å². The number of rotatable bonds is 4. The Morgan fingerprint density at radius 3 is 2.81 bits per heavy atom. The van der Waals surface area contributed by atoms with Crippen LogP contribution in [-0.4, -0.2) is 104 Å². The molecule has 3 aliphatic rings. The molecule has 5 heterocycles. The van der Waals surface area contributed by atoms with Crippen LogP contribution in [0.4, 0.5) is 4.79 Å². The van der Waals surface area contributed by atoms with Crippen molar-refractivity contribution in [2.75, 3.05) is 33.7 Å². The van der Waals surface area contributed by atoms with Crippen LogP contribution in [0.1, 0.15) is 11.8 Å². The first-order chi connectivity index (χ1) is 14.9. The molecule has 2 aromatic heterocycles. The van der Waals surface area contributed by atoms with Gasteiger partial charge in [-0.15, -0.1) is 0 Å². The van der Waals surface area contributed by atoms with E-state index in [2.05, 4.69) is 20.1 Å². The standard InChI is InChI=1S/C19H19N8O4/c1-24-16-14(18(29)25(2)19(24)30)27(10-21-16)9-13(28)26-7-12(8-26)17-22-15(23-31-17)11-4-3-5-20-6-11/h3-6,10,12,14H,7-9H2,1-2H3/q+1. The largest absolute Gasteiger partial charge is 0.339 e. The second kappa shape index (κ2) is 7.07. The number of nitrogens with zero attached hydrogens (tertiary/aromatic N) is 8. The maximum absolute atomic E-state index is 12.7. The summed E-state index contributed by atoms with van der Waals surface area (Å²) in [6.45, 7) is 0.884. The lowest BCUT2D eigenvalue weighted by molar-refractivity contribution is -0.521. The molecular weight excluding hydrogens is 404 g/mol. The Balaban J connectivity index is 1.20. The first kappa shape index (κ1) is 19.0. The molecule has 2 aromatic rings. The van der Waals surface area contributed by atoms with E-state index >= 15 is 0 Å². The molecule has 31 heavy (non-hydrogen) atoms. The lowest BCUT2D eigenvalue weighted by Crippen LogP contribution is -2.62. The molecule has 1 atom stereocenters. The van der Waals surface area contributed by atoms with Gasteiger partial charge in [0.1, 0.15) is 0 Å². The molecular formula is C19H19N8O4+. The van der Waals surface area contributed by atoms with Crippen LogP contribution in [0.15, 0.2) is 34.0 Å². The van der Waals surface area contributed by atoms with Crippen LogP contribution in [0.2, 0.25) is 0 Å². The summed E-state index contributed by atoms with van der Waals surface area (Å²) in [6.07, 6.45) is 4.76. The molecule has 3 aliphatic heterocycles. The number of hydrogen-bond acceptors (Lipinski definition) is 8. The molecule has 0 N–H and O–H groups in total. The Labute approximate surface area is 176 Å². The number of fused-ring (bicyclic) bond motifs is 1. The van der Waals surface area contributed by atoms with Crippen molar-refractivity contribution in [3.63, 3.8) is 0 Å². The van der Waals surface area contributed by atoms with Gasteiger partial charge in [-0.2, -0.15) is 4.98 Å². The third kappa shape index (κ3) is 3.07. The van der Waals surface area contributed by atoms with E-state index in [-0.39, 0.29) is 18.4 Å². The molecule has 2 fully saturated rings. The van der Waals surface area contributed by atoms with Gasteiger partial charge in [-0.3, -0.25) is 24.4 Å². The van der Waals surface area contributed by atoms with Crippen LogP contribution in [-0.2, 0) is 9.59 Å². The number of aromatic nitrogens is 3. The normalized spacial score (nSPS) is 21.1. The van der Waals surface area contributed by atoms with Crippen LogP contribution < -0.4 is 0 Å². The Morgan fingerprint density at radius 2 is 2.06 bits per heavy atom.